The summed E-state index contributed by atoms with van der Waals surface area (Å²) >= 11 is 0. The van der Waals surface area contributed by atoms with Gasteiger partial charge in [-0.05, 0) is 25.2 Å². The molecule has 4 atom stereocenters. The van der Waals surface area contributed by atoms with Crippen LogP contribution in [0.4, 0.5) is 0 Å². The highest BCUT2D eigenvalue weighted by molar-refractivity contribution is 5.79. The van der Waals surface area contributed by atoms with Gasteiger partial charge in [0.05, 0.1) is 25.9 Å². The molecule has 104 valence electrons. The number of carbonyl (C=O) groups is 1. The van der Waals surface area contributed by atoms with Crippen molar-refractivity contribution in [1.82, 2.24) is 4.90 Å². The van der Waals surface area contributed by atoms with Crippen molar-refractivity contribution >= 4 is 5.91 Å². The third-order valence-corrected chi connectivity index (χ3v) is 4.25. The predicted molar refractivity (Wildman–Crippen MR) is 67.9 cm³/mol. The van der Waals surface area contributed by atoms with Gasteiger partial charge in [0.1, 0.15) is 0 Å². The summed E-state index contributed by atoms with van der Waals surface area (Å²) in [5, 5.41) is 9.32. The van der Waals surface area contributed by atoms with Crippen LogP contribution in [0.1, 0.15) is 26.2 Å². The van der Waals surface area contributed by atoms with Crippen molar-refractivity contribution in [1.29, 1.82) is 0 Å². The first-order valence-electron chi connectivity index (χ1n) is 6.88. The van der Waals surface area contributed by atoms with E-state index in [0.717, 1.165) is 19.3 Å². The molecule has 2 aliphatic rings. The second-order valence-corrected chi connectivity index (χ2v) is 5.60. The summed E-state index contributed by atoms with van der Waals surface area (Å²) in [6, 6.07) is 0.0661. The number of rotatable bonds is 2. The van der Waals surface area contributed by atoms with E-state index in [1.807, 2.05) is 4.90 Å². The maximum Gasteiger partial charge on any atom is 0.226 e. The highest BCUT2D eigenvalue weighted by Gasteiger charge is 2.36. The van der Waals surface area contributed by atoms with E-state index in [4.69, 9.17) is 10.5 Å². The van der Waals surface area contributed by atoms with E-state index in [-0.39, 0.29) is 30.5 Å². The third kappa shape index (κ3) is 2.84. The molecule has 18 heavy (non-hydrogen) atoms. The summed E-state index contributed by atoms with van der Waals surface area (Å²) in [7, 11) is 0. The molecular formula is C13H24N2O3. The fourth-order valence-corrected chi connectivity index (χ4v) is 3.11. The zero-order valence-electron chi connectivity index (χ0n) is 11.0. The van der Waals surface area contributed by atoms with E-state index in [1.165, 1.54) is 0 Å². The first kappa shape index (κ1) is 13.8. The maximum absolute atomic E-state index is 12.6. The summed E-state index contributed by atoms with van der Waals surface area (Å²) in [5.74, 6) is 0.581. The minimum atomic E-state index is -0.172. The molecule has 0 aromatic carbocycles. The highest BCUT2D eigenvalue weighted by Crippen LogP contribution is 2.31. The molecule has 0 radical (unpaired) electrons. The Bertz CT molecular complexity index is 298. The van der Waals surface area contributed by atoms with Crippen molar-refractivity contribution in [2.24, 2.45) is 17.6 Å². The largest absolute Gasteiger partial charge is 0.394 e. The smallest absolute Gasteiger partial charge is 0.226 e. The summed E-state index contributed by atoms with van der Waals surface area (Å²) in [4.78, 5) is 14.4. The molecule has 0 bridgehead atoms. The minimum Gasteiger partial charge on any atom is -0.394 e. The van der Waals surface area contributed by atoms with Crippen molar-refractivity contribution < 1.29 is 14.6 Å². The van der Waals surface area contributed by atoms with Gasteiger partial charge in [-0.1, -0.05) is 6.92 Å². The average Bonchev–Trinajstić information content (AvgIpc) is 2.38. The van der Waals surface area contributed by atoms with E-state index in [9.17, 15) is 9.90 Å². The van der Waals surface area contributed by atoms with Crippen LogP contribution in [0, 0.1) is 11.8 Å². The number of morpholine rings is 1. The minimum absolute atomic E-state index is 0.0215. The van der Waals surface area contributed by atoms with Gasteiger partial charge in [0.25, 0.3) is 0 Å². The van der Waals surface area contributed by atoms with E-state index >= 15 is 0 Å². The second kappa shape index (κ2) is 5.99. The molecule has 1 amide bonds. The van der Waals surface area contributed by atoms with Gasteiger partial charge in [-0.2, -0.15) is 0 Å². The van der Waals surface area contributed by atoms with Crippen LogP contribution in [0.25, 0.3) is 0 Å². The Kier molecular flexibility index (Phi) is 4.59. The number of nitrogens with zero attached hydrogens (tertiary/aromatic N) is 1. The standard InChI is InChI=1S/C13H24N2O3/c1-9-6-10(14)2-3-12(9)13(17)15-4-5-18-8-11(15)7-16/h9-12,16H,2-8,14H2,1H3. The highest BCUT2D eigenvalue weighted by atomic mass is 16.5. The number of carbonyl (C=O) groups excluding carboxylic acids is 1. The summed E-state index contributed by atoms with van der Waals surface area (Å²) in [6.45, 7) is 3.70. The average molecular weight is 256 g/mol. The molecule has 0 spiro atoms. The molecule has 1 saturated heterocycles. The number of hydrogen-bond donors (Lipinski definition) is 2. The number of amides is 1. The predicted octanol–water partition coefficient (Wildman–Crippen LogP) is -0.0304. The van der Waals surface area contributed by atoms with Crippen LogP contribution >= 0.6 is 0 Å². The van der Waals surface area contributed by atoms with Crippen LogP contribution in [0.5, 0.6) is 0 Å². The van der Waals surface area contributed by atoms with Gasteiger partial charge in [0.2, 0.25) is 5.91 Å². The molecule has 2 fully saturated rings. The molecule has 3 N–H and O–H groups in total. The molecule has 4 unspecified atom stereocenters. The summed E-state index contributed by atoms with van der Waals surface area (Å²) in [5.41, 5.74) is 5.93. The maximum atomic E-state index is 12.6. The number of aliphatic hydroxyl groups excluding tert-OH is 1. The second-order valence-electron chi connectivity index (χ2n) is 5.60. The molecule has 5 nitrogen and oxygen atoms in total. The topological polar surface area (TPSA) is 75.8 Å². The number of ether oxygens (including phenoxy) is 1. The van der Waals surface area contributed by atoms with Crippen LogP contribution in [-0.2, 0) is 9.53 Å². The van der Waals surface area contributed by atoms with Gasteiger partial charge < -0.3 is 20.5 Å². The fraction of sp³-hybridized carbons (Fsp3) is 0.923. The van der Waals surface area contributed by atoms with Crippen LogP contribution in [-0.4, -0.2) is 54.4 Å². The lowest BCUT2D eigenvalue weighted by Gasteiger charge is -2.40. The zero-order valence-corrected chi connectivity index (χ0v) is 11.0. The fourth-order valence-electron chi connectivity index (χ4n) is 3.11. The Hall–Kier alpha value is -0.650. The Morgan fingerprint density at radius 2 is 2.28 bits per heavy atom. The summed E-state index contributed by atoms with van der Waals surface area (Å²) < 4.78 is 5.31. The zero-order chi connectivity index (χ0) is 13.1. The van der Waals surface area contributed by atoms with E-state index < -0.39 is 0 Å². The van der Waals surface area contributed by atoms with E-state index in [1.54, 1.807) is 0 Å². The first-order chi connectivity index (χ1) is 8.63. The third-order valence-electron chi connectivity index (χ3n) is 4.25. The van der Waals surface area contributed by atoms with Gasteiger partial charge in [0.15, 0.2) is 0 Å². The lowest BCUT2D eigenvalue weighted by molar-refractivity contribution is -0.148. The molecule has 1 aliphatic heterocycles. The van der Waals surface area contributed by atoms with Crippen molar-refractivity contribution in [3.8, 4) is 0 Å². The van der Waals surface area contributed by atoms with Gasteiger partial charge in [-0.3, -0.25) is 4.79 Å². The Labute approximate surface area is 108 Å². The molecular weight excluding hydrogens is 232 g/mol. The molecule has 0 aromatic rings. The van der Waals surface area contributed by atoms with E-state index in [0.29, 0.717) is 25.7 Å². The monoisotopic (exact) mass is 256 g/mol. The van der Waals surface area contributed by atoms with Crippen molar-refractivity contribution in [3.63, 3.8) is 0 Å². The van der Waals surface area contributed by atoms with Crippen molar-refractivity contribution in [3.05, 3.63) is 0 Å². The lowest BCUT2D eigenvalue weighted by Crippen LogP contribution is -2.54. The van der Waals surface area contributed by atoms with Crippen LogP contribution in [0.2, 0.25) is 0 Å². The van der Waals surface area contributed by atoms with Crippen LogP contribution < -0.4 is 5.73 Å². The van der Waals surface area contributed by atoms with Crippen LogP contribution in [0.3, 0.4) is 0 Å². The Morgan fingerprint density at radius 1 is 1.50 bits per heavy atom. The van der Waals surface area contributed by atoms with E-state index in [2.05, 4.69) is 6.92 Å². The lowest BCUT2D eigenvalue weighted by atomic mass is 9.77. The summed E-state index contributed by atoms with van der Waals surface area (Å²) in [6.07, 6.45) is 2.72. The van der Waals surface area contributed by atoms with Gasteiger partial charge in [-0.25, -0.2) is 0 Å². The molecule has 2 rings (SSSR count). The number of nitrogens with two attached hydrogens (primary N) is 1. The molecule has 5 heteroatoms. The molecule has 0 aromatic heterocycles. The molecule has 1 heterocycles. The number of aliphatic hydroxyl groups is 1. The normalized spacial score (nSPS) is 37.6. The van der Waals surface area contributed by atoms with Gasteiger partial charge >= 0.3 is 0 Å². The van der Waals surface area contributed by atoms with Crippen LogP contribution in [0.15, 0.2) is 0 Å². The number of hydrogen-bond acceptors (Lipinski definition) is 4. The van der Waals surface area contributed by atoms with Gasteiger partial charge in [0, 0.05) is 18.5 Å². The quantitative estimate of drug-likeness (QED) is 0.727. The van der Waals surface area contributed by atoms with Crippen molar-refractivity contribution in [2.75, 3.05) is 26.4 Å². The molecule has 1 saturated carbocycles. The SMILES string of the molecule is CC1CC(N)CCC1C(=O)N1CCOCC1CO. The van der Waals surface area contributed by atoms with Crippen molar-refractivity contribution in [2.45, 2.75) is 38.3 Å². The Morgan fingerprint density at radius 3 is 2.94 bits per heavy atom. The first-order valence-corrected chi connectivity index (χ1v) is 6.88. The Balaban J connectivity index is 2.01. The molecule has 1 aliphatic carbocycles. The van der Waals surface area contributed by atoms with Gasteiger partial charge in [-0.15, -0.1) is 0 Å².